The van der Waals surface area contributed by atoms with Gasteiger partial charge in [-0.3, -0.25) is 0 Å². The highest BCUT2D eigenvalue weighted by molar-refractivity contribution is 6.27. The van der Waals surface area contributed by atoms with Crippen LogP contribution in [0, 0.1) is 0 Å². The summed E-state index contributed by atoms with van der Waals surface area (Å²) < 4.78 is 13.5. The van der Waals surface area contributed by atoms with E-state index in [9.17, 15) is 0 Å². The zero-order valence-corrected chi connectivity index (χ0v) is 53.3. The van der Waals surface area contributed by atoms with E-state index in [0.29, 0.717) is 0 Å². The number of hydrogen-bond donors (Lipinski definition) is 0. The van der Waals surface area contributed by atoms with E-state index in [1.165, 1.54) is 164 Å². The highest BCUT2D eigenvalue weighted by Gasteiger charge is 2.38. The summed E-state index contributed by atoms with van der Waals surface area (Å²) in [6.07, 6.45) is 0. The molecule has 0 fully saturated rings. The summed E-state index contributed by atoms with van der Waals surface area (Å²) in [5, 5.41) is 24.0. The molecule has 450 valence electrons. The van der Waals surface area contributed by atoms with Gasteiger partial charge in [0.05, 0.1) is 0 Å². The third-order valence-electron chi connectivity index (χ3n) is 21.8. The number of benzene rings is 18. The first-order chi connectivity index (χ1) is 47.8. The normalized spacial score (nSPS) is 12.9. The van der Waals surface area contributed by atoms with Crippen LogP contribution < -0.4 is 0 Å². The van der Waals surface area contributed by atoms with Gasteiger partial charge < -0.3 is 8.83 Å². The molecule has 0 bridgehead atoms. The van der Waals surface area contributed by atoms with Crippen molar-refractivity contribution in [2.45, 2.75) is 19.3 Å². The van der Waals surface area contributed by atoms with Crippen molar-refractivity contribution in [1.29, 1.82) is 0 Å². The van der Waals surface area contributed by atoms with E-state index in [1.54, 1.807) is 0 Å². The summed E-state index contributed by atoms with van der Waals surface area (Å²) in [4.78, 5) is 0. The van der Waals surface area contributed by atoms with Crippen molar-refractivity contribution in [3.05, 3.63) is 327 Å². The lowest BCUT2D eigenvalue weighted by Gasteiger charge is -2.25. The van der Waals surface area contributed by atoms with E-state index < -0.39 is 0 Å². The van der Waals surface area contributed by atoms with Crippen molar-refractivity contribution >= 4 is 130 Å². The minimum absolute atomic E-state index is 0.302. The topological polar surface area (TPSA) is 26.3 Å². The van der Waals surface area contributed by atoms with E-state index >= 15 is 0 Å². The van der Waals surface area contributed by atoms with Crippen molar-refractivity contribution in [3.63, 3.8) is 0 Å². The largest absolute Gasteiger partial charge is 0.456 e. The molecule has 0 unspecified atom stereocenters. The molecule has 2 aromatic heterocycles. The molecule has 1 aliphatic rings. The van der Waals surface area contributed by atoms with E-state index in [0.717, 1.165) is 54.6 Å². The number of fused-ring (bicyclic) bond motifs is 19. The maximum absolute atomic E-state index is 7.04. The SMILES string of the molecule is CC1(C)c2cc(-c3cccc(-c4c5ccccc5c(-c5ccc6oc7cc8ccccc8cc7c6c5)c5ccccc45)c3)ccc2-c2cccc(-c3ccc4ccc5c6cc(-c7c8ccccc8c(-c8cccc9c8ccc8ccccc89)c8ccccc78)ccc6oc5c4c3)c21. The maximum atomic E-state index is 7.04. The summed E-state index contributed by atoms with van der Waals surface area (Å²) in [7, 11) is 0. The molecule has 2 heteroatoms. The Labute approximate surface area is 559 Å². The van der Waals surface area contributed by atoms with Crippen LogP contribution >= 0.6 is 0 Å². The zero-order valence-electron chi connectivity index (χ0n) is 53.3. The Morgan fingerprint density at radius 2 is 0.639 bits per heavy atom. The lowest BCUT2D eigenvalue weighted by molar-refractivity contribution is 0.662. The minimum Gasteiger partial charge on any atom is -0.456 e. The van der Waals surface area contributed by atoms with Gasteiger partial charge in [-0.15, -0.1) is 0 Å². The van der Waals surface area contributed by atoms with Gasteiger partial charge in [0.25, 0.3) is 0 Å². The standard InChI is InChI=1S/C95H58O2/c1-95(2)85-53-60(57-21-15-22-62(48-57)89-71-24-7-9-26-73(71)90(74-27-10-8-25-72(74)89)64-41-46-86-83(52-64)84-49-58-19-3-4-20-59(58)54-88(84)96-86)40-44-69(85)79-35-16-32-66(93(79)95)61-37-36-56-39-45-80-82-51-63(42-47-87(82)97-94(80)81(56)50-61)91-75-28-11-13-30-77(75)92(78-31-14-12-29-76(78)91)70-34-17-33-67-65-23-6-5-18-55(65)38-43-68(67)70/h3-54H,1-2H3. The first-order valence-electron chi connectivity index (χ1n) is 33.8. The van der Waals surface area contributed by atoms with Crippen LogP contribution in [0.1, 0.15) is 25.0 Å². The molecule has 2 heterocycles. The van der Waals surface area contributed by atoms with Gasteiger partial charge in [0.1, 0.15) is 22.3 Å². The predicted molar refractivity (Wildman–Crippen MR) is 411 cm³/mol. The van der Waals surface area contributed by atoms with Gasteiger partial charge in [0.2, 0.25) is 0 Å². The summed E-state index contributed by atoms with van der Waals surface area (Å²) in [5.41, 5.74) is 23.1. The van der Waals surface area contributed by atoms with Crippen LogP contribution in [0.4, 0.5) is 0 Å². The fraction of sp³-hybridized carbons (Fsp3) is 0.0316. The second-order valence-electron chi connectivity index (χ2n) is 27.3. The van der Waals surface area contributed by atoms with Gasteiger partial charge in [-0.05, 0) is 230 Å². The van der Waals surface area contributed by atoms with Crippen LogP contribution in [-0.4, -0.2) is 0 Å². The summed E-state index contributed by atoms with van der Waals surface area (Å²) >= 11 is 0. The number of hydrogen-bond acceptors (Lipinski definition) is 2. The van der Waals surface area contributed by atoms with Gasteiger partial charge >= 0.3 is 0 Å². The molecule has 18 aromatic carbocycles. The first kappa shape index (κ1) is 54.1. The number of rotatable bonds is 6. The Morgan fingerprint density at radius 1 is 0.206 bits per heavy atom. The molecule has 0 atom stereocenters. The highest BCUT2D eigenvalue weighted by atomic mass is 16.3. The molecular weight excluding hydrogens is 1170 g/mol. The highest BCUT2D eigenvalue weighted by Crippen LogP contribution is 2.55. The van der Waals surface area contributed by atoms with Crippen molar-refractivity contribution in [1.82, 2.24) is 0 Å². The summed E-state index contributed by atoms with van der Waals surface area (Å²) in [5.74, 6) is 0. The molecule has 20 aromatic rings. The first-order valence-corrected chi connectivity index (χ1v) is 33.8. The Balaban J connectivity index is 0.643. The molecular formula is C95H58O2. The lowest BCUT2D eigenvalue weighted by atomic mass is 9.78. The fourth-order valence-electron chi connectivity index (χ4n) is 17.4. The van der Waals surface area contributed by atoms with Crippen molar-refractivity contribution in [2.24, 2.45) is 0 Å². The van der Waals surface area contributed by atoms with Gasteiger partial charge in [0, 0.05) is 32.3 Å². The molecule has 1 aliphatic carbocycles. The molecule has 0 radical (unpaired) electrons. The van der Waals surface area contributed by atoms with E-state index in [-0.39, 0.29) is 5.41 Å². The van der Waals surface area contributed by atoms with Crippen molar-refractivity contribution < 1.29 is 8.83 Å². The van der Waals surface area contributed by atoms with E-state index in [2.05, 4.69) is 329 Å². The van der Waals surface area contributed by atoms with Crippen LogP contribution in [0.5, 0.6) is 0 Å². The third-order valence-corrected chi connectivity index (χ3v) is 21.8. The minimum atomic E-state index is -0.302. The van der Waals surface area contributed by atoms with Crippen molar-refractivity contribution in [3.8, 4) is 77.9 Å². The predicted octanol–water partition coefficient (Wildman–Crippen LogP) is 27.0. The lowest BCUT2D eigenvalue weighted by Crippen LogP contribution is -2.16. The molecule has 0 saturated carbocycles. The molecule has 0 aliphatic heterocycles. The average Bonchev–Trinajstić information content (AvgIpc) is 1.30. The zero-order chi connectivity index (χ0) is 63.8. The van der Waals surface area contributed by atoms with Gasteiger partial charge in [-0.2, -0.15) is 0 Å². The number of furan rings is 2. The Hall–Kier alpha value is -12.4. The molecule has 0 saturated heterocycles. The van der Waals surface area contributed by atoms with Crippen LogP contribution in [0.2, 0.25) is 0 Å². The fourth-order valence-corrected chi connectivity index (χ4v) is 17.4. The molecule has 0 N–H and O–H groups in total. The second-order valence-corrected chi connectivity index (χ2v) is 27.3. The van der Waals surface area contributed by atoms with E-state index in [1.807, 2.05) is 0 Å². The monoisotopic (exact) mass is 1230 g/mol. The quantitative estimate of drug-likeness (QED) is 0.123. The Morgan fingerprint density at radius 3 is 1.30 bits per heavy atom. The second kappa shape index (κ2) is 20.3. The Bertz CT molecular complexity index is 6730. The molecule has 0 amide bonds. The Kier molecular flexibility index (Phi) is 11.3. The summed E-state index contributed by atoms with van der Waals surface area (Å²) in [6, 6.07) is 117. The van der Waals surface area contributed by atoms with Gasteiger partial charge in [0.15, 0.2) is 0 Å². The molecule has 97 heavy (non-hydrogen) atoms. The summed E-state index contributed by atoms with van der Waals surface area (Å²) in [6.45, 7) is 4.83. The molecule has 0 spiro atoms. The molecule has 21 rings (SSSR count). The third kappa shape index (κ3) is 7.90. The van der Waals surface area contributed by atoms with Crippen LogP contribution in [0.25, 0.3) is 208 Å². The van der Waals surface area contributed by atoms with Crippen LogP contribution in [-0.2, 0) is 5.41 Å². The molecule has 2 nitrogen and oxygen atoms in total. The smallest absolute Gasteiger partial charge is 0.143 e. The van der Waals surface area contributed by atoms with Crippen LogP contribution in [0.15, 0.2) is 324 Å². The van der Waals surface area contributed by atoms with Crippen molar-refractivity contribution in [2.75, 3.05) is 0 Å². The van der Waals surface area contributed by atoms with Crippen LogP contribution in [0.3, 0.4) is 0 Å². The maximum Gasteiger partial charge on any atom is 0.143 e. The van der Waals surface area contributed by atoms with Gasteiger partial charge in [-0.1, -0.05) is 269 Å². The van der Waals surface area contributed by atoms with Gasteiger partial charge in [-0.25, -0.2) is 0 Å². The average molecular weight is 1230 g/mol. The van der Waals surface area contributed by atoms with E-state index in [4.69, 9.17) is 8.83 Å².